The number of hydrogen-bond donors (Lipinski definition) is 1. The normalized spacial score (nSPS) is 10.6. The first-order valence-corrected chi connectivity index (χ1v) is 10.6. The van der Waals surface area contributed by atoms with E-state index in [1.807, 2.05) is 72.3 Å². The van der Waals surface area contributed by atoms with Gasteiger partial charge in [0.15, 0.2) is 0 Å². The second kappa shape index (κ2) is 9.57. The Hall–Kier alpha value is -3.45. The maximum absolute atomic E-state index is 12.9. The number of nitrogens with zero attached hydrogens (tertiary/aromatic N) is 3. The van der Waals surface area contributed by atoms with Gasteiger partial charge in [0.1, 0.15) is 12.4 Å². The molecule has 7 heteroatoms. The summed E-state index contributed by atoms with van der Waals surface area (Å²) in [7, 11) is 0. The van der Waals surface area contributed by atoms with Crippen molar-refractivity contribution >= 4 is 27.5 Å². The molecule has 0 atom stereocenters. The van der Waals surface area contributed by atoms with Crippen LogP contribution >= 0.6 is 15.9 Å². The number of carbonyl (C=O) groups is 1. The molecule has 0 saturated heterocycles. The third-order valence-corrected chi connectivity index (χ3v) is 5.25. The summed E-state index contributed by atoms with van der Waals surface area (Å²) in [5.74, 6) is 0.392. The maximum atomic E-state index is 12.9. The number of imidazole rings is 1. The lowest BCUT2D eigenvalue weighted by Crippen LogP contribution is -2.15. The van der Waals surface area contributed by atoms with Gasteiger partial charge in [0.25, 0.3) is 5.91 Å². The number of hydrogen-bond acceptors (Lipinski definition) is 4. The fourth-order valence-electron chi connectivity index (χ4n) is 3.18. The lowest BCUT2D eigenvalue weighted by atomic mass is 10.1. The van der Waals surface area contributed by atoms with Crippen LogP contribution in [-0.2, 0) is 6.54 Å². The summed E-state index contributed by atoms with van der Waals surface area (Å²) in [5, 5.41) is 2.95. The van der Waals surface area contributed by atoms with E-state index in [0.717, 1.165) is 15.7 Å². The van der Waals surface area contributed by atoms with E-state index in [2.05, 4.69) is 31.2 Å². The van der Waals surface area contributed by atoms with Gasteiger partial charge in [-0.25, -0.2) is 4.98 Å². The van der Waals surface area contributed by atoms with Crippen molar-refractivity contribution in [2.75, 3.05) is 11.9 Å². The van der Waals surface area contributed by atoms with Crippen LogP contribution in [0.25, 0.3) is 11.3 Å². The molecule has 4 rings (SSSR count). The number of benzene rings is 2. The Morgan fingerprint density at radius 2 is 2.00 bits per heavy atom. The summed E-state index contributed by atoms with van der Waals surface area (Å²) in [5.41, 5.74) is 3.61. The first kappa shape index (κ1) is 20.8. The second-order valence-corrected chi connectivity index (χ2v) is 7.85. The monoisotopic (exact) mass is 476 g/mol. The molecular formula is C24H21BrN4O2. The number of nitrogens with one attached hydrogen (secondary N) is 1. The number of pyridine rings is 1. The van der Waals surface area contributed by atoms with Crippen molar-refractivity contribution in [3.8, 4) is 17.0 Å². The molecule has 1 N–H and O–H groups in total. The fourth-order valence-corrected chi connectivity index (χ4v) is 3.57. The molecule has 0 bridgehead atoms. The minimum atomic E-state index is -0.226. The average Bonchev–Trinajstić information content (AvgIpc) is 3.28. The highest BCUT2D eigenvalue weighted by Gasteiger charge is 2.14. The molecule has 0 aliphatic heterocycles. The van der Waals surface area contributed by atoms with Crippen molar-refractivity contribution in [1.29, 1.82) is 0 Å². The number of ether oxygens (including phenoxy) is 1. The topological polar surface area (TPSA) is 69.0 Å². The molecule has 156 valence electrons. The molecule has 0 spiro atoms. The Morgan fingerprint density at radius 1 is 1.13 bits per heavy atom. The van der Waals surface area contributed by atoms with E-state index in [9.17, 15) is 4.79 Å². The van der Waals surface area contributed by atoms with E-state index in [0.29, 0.717) is 35.8 Å². The Morgan fingerprint density at radius 3 is 2.77 bits per heavy atom. The lowest BCUT2D eigenvalue weighted by Gasteiger charge is -2.14. The van der Waals surface area contributed by atoms with Gasteiger partial charge in [-0.05, 0) is 43.3 Å². The van der Waals surface area contributed by atoms with E-state index in [4.69, 9.17) is 4.74 Å². The van der Waals surface area contributed by atoms with Crippen molar-refractivity contribution in [1.82, 2.24) is 14.5 Å². The van der Waals surface area contributed by atoms with Crippen LogP contribution in [0.5, 0.6) is 5.75 Å². The van der Waals surface area contributed by atoms with Gasteiger partial charge in [-0.1, -0.05) is 40.2 Å². The minimum absolute atomic E-state index is 0.226. The smallest absolute Gasteiger partial charge is 0.257 e. The number of halogens is 1. The molecule has 1 amide bonds. The zero-order valence-electron chi connectivity index (χ0n) is 17.0. The number of anilines is 1. The quantitative estimate of drug-likeness (QED) is 0.390. The number of aryl methyl sites for hydroxylation is 1. The standard InChI is InChI=1S/C24H21BrN4O2/c1-17-20(9-10-21(27-17)18-5-4-6-19(25)15-18)24(30)28-22-7-2-3-8-23(22)31-14-13-29-12-11-26-16-29/h2-12,15-16H,13-14H2,1H3,(H,28,30). The number of carbonyl (C=O) groups excluding carboxylic acids is 1. The van der Waals surface area contributed by atoms with Crippen molar-refractivity contribution < 1.29 is 9.53 Å². The maximum Gasteiger partial charge on any atom is 0.257 e. The summed E-state index contributed by atoms with van der Waals surface area (Å²) in [6.45, 7) is 2.97. The summed E-state index contributed by atoms with van der Waals surface area (Å²) < 4.78 is 8.80. The van der Waals surface area contributed by atoms with Gasteiger partial charge >= 0.3 is 0 Å². The molecule has 2 aromatic carbocycles. The van der Waals surface area contributed by atoms with Crippen molar-refractivity contribution in [2.45, 2.75) is 13.5 Å². The van der Waals surface area contributed by atoms with E-state index in [1.165, 1.54) is 0 Å². The molecule has 6 nitrogen and oxygen atoms in total. The van der Waals surface area contributed by atoms with Crippen LogP contribution in [0.1, 0.15) is 16.1 Å². The molecule has 31 heavy (non-hydrogen) atoms. The van der Waals surface area contributed by atoms with Gasteiger partial charge in [-0.15, -0.1) is 0 Å². The van der Waals surface area contributed by atoms with Gasteiger partial charge in [-0.2, -0.15) is 0 Å². The first-order chi connectivity index (χ1) is 15.1. The van der Waals surface area contributed by atoms with Crippen LogP contribution in [-0.4, -0.2) is 27.0 Å². The summed E-state index contributed by atoms with van der Waals surface area (Å²) in [6.07, 6.45) is 5.35. The highest BCUT2D eigenvalue weighted by molar-refractivity contribution is 9.10. The lowest BCUT2D eigenvalue weighted by molar-refractivity contribution is 0.102. The van der Waals surface area contributed by atoms with E-state index in [1.54, 1.807) is 18.6 Å². The van der Waals surface area contributed by atoms with Crippen LogP contribution in [0.15, 0.2) is 83.9 Å². The largest absolute Gasteiger partial charge is 0.490 e. The van der Waals surface area contributed by atoms with Gasteiger partial charge in [0.05, 0.1) is 35.5 Å². The van der Waals surface area contributed by atoms with Crippen LogP contribution in [0.3, 0.4) is 0 Å². The number of rotatable bonds is 7. The Kier molecular flexibility index (Phi) is 6.43. The van der Waals surface area contributed by atoms with Gasteiger partial charge in [-0.3, -0.25) is 9.78 Å². The second-order valence-electron chi connectivity index (χ2n) is 6.94. The number of amides is 1. The van der Waals surface area contributed by atoms with E-state index >= 15 is 0 Å². The summed E-state index contributed by atoms with van der Waals surface area (Å²) in [4.78, 5) is 21.6. The molecular weight excluding hydrogens is 456 g/mol. The van der Waals surface area contributed by atoms with Crippen LogP contribution in [0.2, 0.25) is 0 Å². The van der Waals surface area contributed by atoms with Gasteiger partial charge in [0.2, 0.25) is 0 Å². The zero-order valence-corrected chi connectivity index (χ0v) is 18.5. The van der Waals surface area contributed by atoms with Crippen molar-refractivity contribution in [3.63, 3.8) is 0 Å². The number of para-hydroxylation sites is 2. The molecule has 0 fully saturated rings. The van der Waals surface area contributed by atoms with E-state index in [-0.39, 0.29) is 5.91 Å². The molecule has 0 aliphatic rings. The Balaban J connectivity index is 1.47. The third-order valence-electron chi connectivity index (χ3n) is 4.75. The van der Waals surface area contributed by atoms with E-state index < -0.39 is 0 Å². The molecule has 2 heterocycles. The van der Waals surface area contributed by atoms with Gasteiger partial charge in [0, 0.05) is 22.4 Å². The van der Waals surface area contributed by atoms with Crippen LogP contribution in [0.4, 0.5) is 5.69 Å². The summed E-state index contributed by atoms with van der Waals surface area (Å²) in [6, 6.07) is 19.0. The molecule has 0 radical (unpaired) electrons. The zero-order chi connectivity index (χ0) is 21.6. The van der Waals surface area contributed by atoms with Crippen LogP contribution < -0.4 is 10.1 Å². The Labute approximate surface area is 189 Å². The first-order valence-electron chi connectivity index (χ1n) is 9.82. The minimum Gasteiger partial charge on any atom is -0.490 e. The molecule has 2 aromatic heterocycles. The summed E-state index contributed by atoms with van der Waals surface area (Å²) >= 11 is 3.48. The highest BCUT2D eigenvalue weighted by Crippen LogP contribution is 2.26. The van der Waals surface area contributed by atoms with Crippen molar-refractivity contribution in [3.05, 3.63) is 95.1 Å². The molecule has 4 aromatic rings. The molecule has 0 saturated carbocycles. The number of aromatic nitrogens is 3. The predicted molar refractivity (Wildman–Crippen MR) is 124 cm³/mol. The SMILES string of the molecule is Cc1nc(-c2cccc(Br)c2)ccc1C(=O)Nc1ccccc1OCCn1ccnc1. The average molecular weight is 477 g/mol. The highest BCUT2D eigenvalue weighted by atomic mass is 79.9. The predicted octanol–water partition coefficient (Wildman–Crippen LogP) is 5.35. The molecule has 0 aliphatic carbocycles. The Bertz CT molecular complexity index is 1190. The third kappa shape index (κ3) is 5.19. The van der Waals surface area contributed by atoms with Crippen molar-refractivity contribution in [2.24, 2.45) is 0 Å². The van der Waals surface area contributed by atoms with Gasteiger partial charge < -0.3 is 14.6 Å². The molecule has 0 unspecified atom stereocenters. The fraction of sp³-hybridized carbons (Fsp3) is 0.125. The van der Waals surface area contributed by atoms with Crippen LogP contribution in [0, 0.1) is 6.92 Å².